The molecule has 8 heteroatoms. The minimum absolute atomic E-state index is 0. The van der Waals surface area contributed by atoms with E-state index in [2.05, 4.69) is 40.0 Å². The summed E-state index contributed by atoms with van der Waals surface area (Å²) in [5, 5.41) is 9.15. The van der Waals surface area contributed by atoms with Crippen LogP contribution in [-0.4, -0.2) is 69.5 Å². The lowest BCUT2D eigenvalue weighted by atomic mass is 9.94. The molecule has 1 unspecified atom stereocenters. The Morgan fingerprint density at radius 3 is 2.68 bits per heavy atom. The van der Waals surface area contributed by atoms with Gasteiger partial charge in [0.15, 0.2) is 5.96 Å². The van der Waals surface area contributed by atoms with Crippen LogP contribution in [0.15, 0.2) is 22.5 Å². The van der Waals surface area contributed by atoms with Crippen molar-refractivity contribution in [2.75, 3.05) is 53.0 Å². The van der Waals surface area contributed by atoms with E-state index >= 15 is 0 Å². The summed E-state index contributed by atoms with van der Waals surface area (Å²) in [7, 11) is 1.79. The van der Waals surface area contributed by atoms with Gasteiger partial charge in [0, 0.05) is 51.1 Å². The number of hydrogen-bond donors (Lipinski definition) is 2. The van der Waals surface area contributed by atoms with Crippen molar-refractivity contribution in [3.8, 4) is 0 Å². The Kier molecular flexibility index (Phi) is 10.5. The van der Waals surface area contributed by atoms with E-state index in [9.17, 15) is 0 Å². The van der Waals surface area contributed by atoms with Crippen molar-refractivity contribution >= 4 is 41.3 Å². The van der Waals surface area contributed by atoms with E-state index in [1.54, 1.807) is 7.11 Å². The summed E-state index contributed by atoms with van der Waals surface area (Å²) in [4.78, 5) is 8.88. The number of likely N-dealkylation sites (tertiary alicyclic amines) is 1. The van der Waals surface area contributed by atoms with Crippen molar-refractivity contribution < 1.29 is 9.47 Å². The van der Waals surface area contributed by atoms with Crippen LogP contribution >= 0.6 is 35.3 Å². The number of nitrogens with zero attached hydrogens (tertiary/aromatic N) is 2. The summed E-state index contributed by atoms with van der Waals surface area (Å²) in [6.07, 6.45) is 4.40. The van der Waals surface area contributed by atoms with Crippen LogP contribution in [-0.2, 0) is 9.47 Å². The number of nitrogens with one attached hydrogen (secondary N) is 2. The molecule has 0 radical (unpaired) electrons. The highest BCUT2D eigenvalue weighted by Gasteiger charge is 2.32. The van der Waals surface area contributed by atoms with Gasteiger partial charge in [0.05, 0.1) is 18.2 Å². The van der Waals surface area contributed by atoms with Gasteiger partial charge in [-0.1, -0.05) is 6.07 Å². The Morgan fingerprint density at radius 1 is 1.32 bits per heavy atom. The maximum absolute atomic E-state index is 5.82. The zero-order chi connectivity index (χ0) is 19.0. The van der Waals surface area contributed by atoms with Crippen molar-refractivity contribution in [3.05, 3.63) is 22.4 Å². The average Bonchev–Trinajstić information content (AvgIpc) is 3.42. The second-order valence-corrected chi connectivity index (χ2v) is 8.33. The third kappa shape index (κ3) is 6.55. The first kappa shape index (κ1) is 23.9. The quantitative estimate of drug-likeness (QED) is 0.312. The molecule has 1 aromatic heterocycles. The van der Waals surface area contributed by atoms with E-state index in [-0.39, 0.29) is 29.6 Å². The number of guanidine groups is 1. The molecule has 0 amide bonds. The van der Waals surface area contributed by atoms with Crippen LogP contribution in [0, 0.1) is 0 Å². The van der Waals surface area contributed by atoms with Gasteiger partial charge in [0.1, 0.15) is 0 Å². The molecule has 0 bridgehead atoms. The van der Waals surface area contributed by atoms with Gasteiger partial charge in [-0.2, -0.15) is 0 Å². The monoisotopic (exact) mass is 522 g/mol. The molecule has 6 nitrogen and oxygen atoms in total. The summed E-state index contributed by atoms with van der Waals surface area (Å²) in [6.45, 7) is 8.36. The lowest BCUT2D eigenvalue weighted by Crippen LogP contribution is -2.45. The molecule has 3 heterocycles. The normalized spacial score (nSPS) is 21.1. The smallest absolute Gasteiger partial charge is 0.191 e. The van der Waals surface area contributed by atoms with Gasteiger partial charge in [-0.3, -0.25) is 9.89 Å². The molecule has 2 aliphatic heterocycles. The molecule has 1 atom stereocenters. The second-order valence-electron chi connectivity index (χ2n) is 7.35. The number of halogens is 1. The average molecular weight is 522 g/mol. The highest BCUT2D eigenvalue weighted by molar-refractivity contribution is 14.0. The third-order valence-electron chi connectivity index (χ3n) is 5.62. The Bertz CT molecular complexity index is 573. The van der Waals surface area contributed by atoms with E-state index in [1.807, 2.05) is 11.3 Å². The first-order valence-electron chi connectivity index (χ1n) is 10.2. The first-order chi connectivity index (χ1) is 13.3. The molecule has 2 N–H and O–H groups in total. The molecule has 1 aromatic rings. The Hall–Kier alpha value is -0.420. The predicted molar refractivity (Wildman–Crippen MR) is 127 cm³/mol. The molecule has 28 heavy (non-hydrogen) atoms. The number of rotatable bonds is 8. The van der Waals surface area contributed by atoms with Gasteiger partial charge in [-0.25, -0.2) is 0 Å². The van der Waals surface area contributed by atoms with Crippen molar-refractivity contribution in [3.63, 3.8) is 0 Å². The van der Waals surface area contributed by atoms with Gasteiger partial charge in [-0.05, 0) is 44.3 Å². The zero-order valence-electron chi connectivity index (χ0n) is 17.1. The van der Waals surface area contributed by atoms with Gasteiger partial charge >= 0.3 is 0 Å². The fraction of sp³-hybridized carbons (Fsp3) is 0.750. The number of thiophene rings is 1. The minimum Gasteiger partial charge on any atom is -0.381 e. The fourth-order valence-electron chi connectivity index (χ4n) is 3.87. The Labute approximate surface area is 190 Å². The molecule has 0 spiro atoms. The van der Waals surface area contributed by atoms with Gasteiger partial charge in [0.25, 0.3) is 0 Å². The molecule has 0 aliphatic carbocycles. The zero-order valence-corrected chi connectivity index (χ0v) is 20.3. The summed E-state index contributed by atoms with van der Waals surface area (Å²) in [5.41, 5.74) is -0.192. The second kappa shape index (κ2) is 12.3. The molecule has 2 fully saturated rings. The van der Waals surface area contributed by atoms with Crippen LogP contribution in [0.3, 0.4) is 0 Å². The van der Waals surface area contributed by atoms with E-state index in [0.717, 1.165) is 45.1 Å². The summed E-state index contributed by atoms with van der Waals surface area (Å²) in [6, 6.07) is 4.81. The van der Waals surface area contributed by atoms with Crippen LogP contribution < -0.4 is 10.6 Å². The lowest BCUT2D eigenvalue weighted by Gasteiger charge is -2.34. The lowest BCUT2D eigenvalue weighted by molar-refractivity contribution is -0.0828. The van der Waals surface area contributed by atoms with Crippen molar-refractivity contribution in [1.29, 1.82) is 0 Å². The fourth-order valence-corrected chi connectivity index (χ4v) is 4.73. The van der Waals surface area contributed by atoms with E-state index in [0.29, 0.717) is 12.6 Å². The van der Waals surface area contributed by atoms with Crippen LogP contribution in [0.4, 0.5) is 0 Å². The van der Waals surface area contributed by atoms with Crippen molar-refractivity contribution in [2.24, 2.45) is 4.99 Å². The molecular formula is C20H35IN4O2S. The summed E-state index contributed by atoms with van der Waals surface area (Å²) >= 11 is 1.85. The maximum Gasteiger partial charge on any atom is 0.191 e. The van der Waals surface area contributed by atoms with Crippen LogP contribution in [0.1, 0.15) is 43.5 Å². The van der Waals surface area contributed by atoms with Crippen LogP contribution in [0.25, 0.3) is 0 Å². The van der Waals surface area contributed by atoms with Crippen LogP contribution in [0.2, 0.25) is 0 Å². The number of methoxy groups -OCH3 is 1. The third-order valence-corrected chi connectivity index (χ3v) is 6.60. The highest BCUT2D eigenvalue weighted by atomic mass is 127. The van der Waals surface area contributed by atoms with Crippen molar-refractivity contribution in [2.45, 2.75) is 44.2 Å². The predicted octanol–water partition coefficient (Wildman–Crippen LogP) is 3.25. The molecular weight excluding hydrogens is 487 g/mol. The number of aliphatic imine (C=N–C) groups is 1. The number of ether oxygens (including phenoxy) is 2. The van der Waals surface area contributed by atoms with E-state index in [1.165, 1.54) is 30.8 Å². The molecule has 0 aromatic carbocycles. The van der Waals surface area contributed by atoms with E-state index < -0.39 is 0 Å². The summed E-state index contributed by atoms with van der Waals surface area (Å²) < 4.78 is 11.3. The highest BCUT2D eigenvalue weighted by Crippen LogP contribution is 2.28. The summed E-state index contributed by atoms with van der Waals surface area (Å²) in [5.74, 6) is 0.876. The number of hydrogen-bond acceptors (Lipinski definition) is 5. The molecule has 2 aliphatic rings. The molecule has 2 saturated heterocycles. The molecule has 3 rings (SSSR count). The van der Waals surface area contributed by atoms with E-state index in [4.69, 9.17) is 14.5 Å². The minimum atomic E-state index is -0.192. The molecule has 160 valence electrons. The van der Waals surface area contributed by atoms with Gasteiger partial charge in [0.2, 0.25) is 0 Å². The van der Waals surface area contributed by atoms with Gasteiger partial charge < -0.3 is 20.1 Å². The van der Waals surface area contributed by atoms with Crippen molar-refractivity contribution in [1.82, 2.24) is 15.5 Å². The molecule has 0 saturated carbocycles. The maximum atomic E-state index is 5.82. The SMILES string of the molecule is CCNC(=NCC1(OC)CCOCC1)NCC(c1cccs1)N1CCCC1.I. The first-order valence-corrected chi connectivity index (χ1v) is 11.1. The standard InChI is InChI=1S/C20H34N4O2S.HI/c1-3-21-19(23-16-20(25-2)8-12-26-13-9-20)22-15-17(18-7-6-14-27-18)24-10-4-5-11-24;/h6-7,14,17H,3-5,8-13,15-16H2,1-2H3,(H2,21,22,23);1H. The Morgan fingerprint density at radius 2 is 2.07 bits per heavy atom. The largest absolute Gasteiger partial charge is 0.381 e. The Balaban J connectivity index is 0.00000280. The van der Waals surface area contributed by atoms with Crippen LogP contribution in [0.5, 0.6) is 0 Å². The van der Waals surface area contributed by atoms with Gasteiger partial charge in [-0.15, -0.1) is 35.3 Å². The topological polar surface area (TPSA) is 58.1 Å².